The number of nitrogens with zero attached hydrogens (tertiary/aromatic N) is 2. The number of halogens is 1. The second-order valence-corrected chi connectivity index (χ2v) is 5.57. The van der Waals surface area contributed by atoms with Gasteiger partial charge in [-0.15, -0.1) is 0 Å². The van der Waals surface area contributed by atoms with Crippen molar-refractivity contribution in [2.45, 2.75) is 26.7 Å². The molecule has 1 heterocycles. The summed E-state index contributed by atoms with van der Waals surface area (Å²) in [5.74, 6) is 1.15. The van der Waals surface area contributed by atoms with Gasteiger partial charge in [0.25, 0.3) is 0 Å². The minimum atomic E-state index is 0.365. The van der Waals surface area contributed by atoms with Crippen molar-refractivity contribution in [3.8, 4) is 11.8 Å². The average Bonchev–Trinajstić information content (AvgIpc) is 2.31. The summed E-state index contributed by atoms with van der Waals surface area (Å²) in [4.78, 5) is 8.75. The second kappa shape index (κ2) is 5.65. The quantitative estimate of drug-likeness (QED) is 0.771. The Morgan fingerprint density at radius 3 is 2.56 bits per heavy atom. The number of rotatable bonds is 3. The molecule has 0 atom stereocenters. The highest BCUT2D eigenvalue weighted by atomic mass is 127. The van der Waals surface area contributed by atoms with Gasteiger partial charge in [0.1, 0.15) is 5.75 Å². The monoisotopic (exact) mass is 354 g/mol. The van der Waals surface area contributed by atoms with E-state index in [0.717, 1.165) is 20.7 Å². The third-order valence-electron chi connectivity index (χ3n) is 2.48. The molecule has 0 saturated heterocycles. The molecule has 0 N–H and O–H groups in total. The van der Waals surface area contributed by atoms with E-state index < -0.39 is 0 Å². The van der Waals surface area contributed by atoms with Crippen LogP contribution in [0.15, 0.2) is 30.3 Å². The Morgan fingerprint density at radius 2 is 1.89 bits per heavy atom. The highest BCUT2D eigenvalue weighted by Crippen LogP contribution is 2.25. The first kappa shape index (κ1) is 13.3. The van der Waals surface area contributed by atoms with Crippen molar-refractivity contribution in [3.05, 3.63) is 45.3 Å². The molecule has 0 bridgehead atoms. The van der Waals surface area contributed by atoms with Gasteiger partial charge in [-0.3, -0.25) is 0 Å². The molecule has 4 heteroatoms. The van der Waals surface area contributed by atoms with Crippen LogP contribution in [-0.2, 0) is 0 Å². The summed E-state index contributed by atoms with van der Waals surface area (Å²) >= 11 is 2.24. The summed E-state index contributed by atoms with van der Waals surface area (Å²) in [7, 11) is 0. The number of benzene rings is 1. The van der Waals surface area contributed by atoms with Crippen LogP contribution in [0.2, 0.25) is 0 Å². The summed E-state index contributed by atoms with van der Waals surface area (Å²) in [6, 6.07) is 10.2. The van der Waals surface area contributed by atoms with E-state index in [2.05, 4.69) is 46.4 Å². The van der Waals surface area contributed by atoms with E-state index in [4.69, 9.17) is 4.74 Å². The summed E-state index contributed by atoms with van der Waals surface area (Å²) in [5.41, 5.74) is 1.93. The van der Waals surface area contributed by atoms with Gasteiger partial charge in [0, 0.05) is 5.69 Å². The number of hydrogen-bond acceptors (Lipinski definition) is 3. The molecule has 2 rings (SSSR count). The molecule has 3 nitrogen and oxygen atoms in total. The van der Waals surface area contributed by atoms with Crippen molar-refractivity contribution in [1.82, 2.24) is 9.97 Å². The fourth-order valence-electron chi connectivity index (χ4n) is 1.53. The van der Waals surface area contributed by atoms with Crippen molar-refractivity contribution < 1.29 is 4.74 Å². The zero-order valence-electron chi connectivity index (χ0n) is 10.6. The van der Waals surface area contributed by atoms with Crippen LogP contribution in [0.1, 0.15) is 31.2 Å². The van der Waals surface area contributed by atoms with E-state index >= 15 is 0 Å². The van der Waals surface area contributed by atoms with Gasteiger partial charge in [0.2, 0.25) is 0 Å². The Balaban J connectivity index is 2.32. The van der Waals surface area contributed by atoms with Crippen LogP contribution in [0, 0.1) is 10.5 Å². The summed E-state index contributed by atoms with van der Waals surface area (Å²) in [6.45, 7) is 6.17. The number of para-hydroxylation sites is 1. The van der Waals surface area contributed by atoms with E-state index in [0.29, 0.717) is 11.9 Å². The van der Waals surface area contributed by atoms with Crippen molar-refractivity contribution in [2.75, 3.05) is 0 Å². The van der Waals surface area contributed by atoms with Crippen LogP contribution in [0.4, 0.5) is 0 Å². The van der Waals surface area contributed by atoms with Crippen LogP contribution >= 0.6 is 22.6 Å². The van der Waals surface area contributed by atoms with E-state index in [1.54, 1.807) is 0 Å². The predicted octanol–water partition coefficient (Wildman–Crippen LogP) is 4.31. The van der Waals surface area contributed by atoms with Gasteiger partial charge >= 0.3 is 6.01 Å². The van der Waals surface area contributed by atoms with Crippen LogP contribution < -0.4 is 4.74 Å². The van der Waals surface area contributed by atoms with E-state index in [1.807, 2.05) is 37.3 Å². The third-order valence-corrected chi connectivity index (χ3v) is 3.37. The maximum atomic E-state index is 5.75. The number of hydrogen-bond donors (Lipinski definition) is 0. The first-order valence-corrected chi connectivity index (χ1v) is 6.92. The van der Waals surface area contributed by atoms with Crippen LogP contribution in [0.3, 0.4) is 0 Å². The van der Waals surface area contributed by atoms with Crippen molar-refractivity contribution >= 4 is 22.6 Å². The SMILES string of the molecule is Cc1cc(C(C)C)nc(Oc2ccccc2I)n1. The van der Waals surface area contributed by atoms with Crippen LogP contribution in [-0.4, -0.2) is 9.97 Å². The molecule has 0 spiro atoms. The Morgan fingerprint density at radius 1 is 1.17 bits per heavy atom. The highest BCUT2D eigenvalue weighted by molar-refractivity contribution is 14.1. The molecular formula is C14H15IN2O. The van der Waals surface area contributed by atoms with Gasteiger partial charge < -0.3 is 4.74 Å². The van der Waals surface area contributed by atoms with Crippen molar-refractivity contribution in [1.29, 1.82) is 0 Å². The Hall–Kier alpha value is -1.17. The maximum Gasteiger partial charge on any atom is 0.322 e. The molecule has 0 saturated carbocycles. The Kier molecular flexibility index (Phi) is 4.16. The minimum Gasteiger partial charge on any atom is -0.423 e. The largest absolute Gasteiger partial charge is 0.423 e. The van der Waals surface area contributed by atoms with Crippen LogP contribution in [0.25, 0.3) is 0 Å². The number of aryl methyl sites for hydroxylation is 1. The molecular weight excluding hydrogens is 339 g/mol. The van der Waals surface area contributed by atoms with Gasteiger partial charge in [0.05, 0.1) is 9.26 Å². The maximum absolute atomic E-state index is 5.75. The zero-order valence-corrected chi connectivity index (χ0v) is 12.8. The van der Waals surface area contributed by atoms with Crippen molar-refractivity contribution in [2.24, 2.45) is 0 Å². The van der Waals surface area contributed by atoms with Gasteiger partial charge in [0.15, 0.2) is 0 Å². The van der Waals surface area contributed by atoms with Gasteiger partial charge in [-0.1, -0.05) is 26.0 Å². The molecule has 2 aromatic rings. The molecule has 0 unspecified atom stereocenters. The average molecular weight is 354 g/mol. The molecule has 0 aliphatic rings. The standard InChI is InChI=1S/C14H15IN2O/c1-9(2)12-8-10(3)16-14(17-12)18-13-7-5-4-6-11(13)15/h4-9H,1-3H3. The lowest BCUT2D eigenvalue weighted by molar-refractivity contribution is 0.434. The topological polar surface area (TPSA) is 35.0 Å². The summed E-state index contributed by atoms with van der Waals surface area (Å²) in [6.07, 6.45) is 0. The normalized spacial score (nSPS) is 10.7. The molecule has 94 valence electrons. The molecule has 18 heavy (non-hydrogen) atoms. The summed E-state index contributed by atoms with van der Waals surface area (Å²) < 4.78 is 6.80. The van der Waals surface area contributed by atoms with Gasteiger partial charge in [-0.25, -0.2) is 4.98 Å². The van der Waals surface area contributed by atoms with E-state index in [-0.39, 0.29) is 0 Å². The molecule has 0 radical (unpaired) electrons. The minimum absolute atomic E-state index is 0.365. The molecule has 0 amide bonds. The first-order chi connectivity index (χ1) is 8.56. The van der Waals surface area contributed by atoms with E-state index in [9.17, 15) is 0 Å². The number of ether oxygens (including phenoxy) is 1. The highest BCUT2D eigenvalue weighted by Gasteiger charge is 2.08. The molecule has 1 aromatic carbocycles. The Labute approximate surface area is 121 Å². The first-order valence-electron chi connectivity index (χ1n) is 5.84. The molecule has 0 fully saturated rings. The van der Waals surface area contributed by atoms with E-state index in [1.165, 1.54) is 0 Å². The third kappa shape index (κ3) is 3.19. The lowest BCUT2D eigenvalue weighted by Crippen LogP contribution is -2.00. The summed E-state index contributed by atoms with van der Waals surface area (Å²) in [5, 5.41) is 0. The number of aromatic nitrogens is 2. The van der Waals surface area contributed by atoms with Crippen LogP contribution in [0.5, 0.6) is 11.8 Å². The smallest absolute Gasteiger partial charge is 0.322 e. The van der Waals surface area contributed by atoms with Crippen molar-refractivity contribution in [3.63, 3.8) is 0 Å². The second-order valence-electron chi connectivity index (χ2n) is 4.40. The van der Waals surface area contributed by atoms with Gasteiger partial charge in [-0.2, -0.15) is 4.98 Å². The van der Waals surface area contributed by atoms with Gasteiger partial charge in [-0.05, 0) is 53.6 Å². The Bertz CT molecular complexity index is 555. The lowest BCUT2D eigenvalue weighted by atomic mass is 10.1. The lowest BCUT2D eigenvalue weighted by Gasteiger charge is -2.10. The molecule has 0 aliphatic carbocycles. The predicted molar refractivity (Wildman–Crippen MR) is 80.1 cm³/mol. The zero-order chi connectivity index (χ0) is 13.1. The molecule has 1 aromatic heterocycles. The molecule has 0 aliphatic heterocycles. The fraction of sp³-hybridized carbons (Fsp3) is 0.286. The fourth-order valence-corrected chi connectivity index (χ4v) is 2.03.